The quantitative estimate of drug-likeness (QED) is 0.627. The maximum absolute atomic E-state index is 12.1. The van der Waals surface area contributed by atoms with Crippen molar-refractivity contribution in [2.45, 2.75) is 58.0 Å². The number of nitrogens with zero attached hydrogens (tertiary/aromatic N) is 1. The molecule has 1 aromatic heterocycles. The molecule has 158 valence electrons. The molecule has 2 saturated heterocycles. The molecule has 1 N–H and O–H groups in total. The number of carbonyl (C=O) groups excluding carboxylic acids is 1. The van der Waals surface area contributed by atoms with Gasteiger partial charge >= 0.3 is 0 Å². The normalized spacial score (nSPS) is 20.9. The Balaban J connectivity index is 1.64. The molecule has 2 aliphatic heterocycles. The smallest absolute Gasteiger partial charge is 0.251 e. The number of fused-ring (bicyclic) bond motifs is 2. The third-order valence-electron chi connectivity index (χ3n) is 6.43. The zero-order chi connectivity index (χ0) is 21.1. The van der Waals surface area contributed by atoms with Crippen LogP contribution < -0.4 is 5.32 Å². The largest absolute Gasteiger partial charge is 0.464 e. The summed E-state index contributed by atoms with van der Waals surface area (Å²) in [5.41, 5.74) is 5.77. The predicted octanol–water partition coefficient (Wildman–Crippen LogP) is 5.42. The average molecular weight is 405 g/mol. The number of piperidine rings is 1. The van der Waals surface area contributed by atoms with E-state index in [0.717, 1.165) is 37.1 Å². The van der Waals surface area contributed by atoms with Gasteiger partial charge < -0.3 is 9.73 Å². The Hall–Kier alpha value is -2.59. The lowest BCUT2D eigenvalue weighted by atomic mass is 9.87. The highest BCUT2D eigenvalue weighted by Crippen LogP contribution is 2.43. The van der Waals surface area contributed by atoms with Crippen molar-refractivity contribution in [3.05, 3.63) is 77.3 Å². The Labute approximate surface area is 179 Å². The van der Waals surface area contributed by atoms with Gasteiger partial charge in [-0.2, -0.15) is 0 Å². The van der Waals surface area contributed by atoms with Crippen molar-refractivity contribution >= 4 is 11.5 Å². The molecule has 2 fully saturated rings. The summed E-state index contributed by atoms with van der Waals surface area (Å²) in [5, 5.41) is 2.86. The summed E-state index contributed by atoms with van der Waals surface area (Å²) in [6.07, 6.45) is 7.54. The summed E-state index contributed by atoms with van der Waals surface area (Å²) >= 11 is 0. The molecule has 3 heterocycles. The summed E-state index contributed by atoms with van der Waals surface area (Å²) < 4.78 is 5.85. The Kier molecular flexibility index (Phi) is 6.24. The van der Waals surface area contributed by atoms with Gasteiger partial charge in [-0.15, -0.1) is 6.58 Å². The van der Waals surface area contributed by atoms with Gasteiger partial charge in [0, 0.05) is 36.3 Å². The highest BCUT2D eigenvalue weighted by Gasteiger charge is 2.39. The van der Waals surface area contributed by atoms with E-state index >= 15 is 0 Å². The van der Waals surface area contributed by atoms with E-state index in [1.807, 2.05) is 25.1 Å². The zero-order valence-corrected chi connectivity index (χ0v) is 18.1. The van der Waals surface area contributed by atoms with Gasteiger partial charge in [0.2, 0.25) is 0 Å². The number of hydrogen-bond acceptors (Lipinski definition) is 3. The van der Waals surface area contributed by atoms with Crippen LogP contribution in [-0.4, -0.2) is 36.0 Å². The Morgan fingerprint density at radius 1 is 1.13 bits per heavy atom. The fraction of sp³-hybridized carbons (Fsp3) is 0.423. The molecule has 0 saturated carbocycles. The van der Waals surface area contributed by atoms with E-state index in [4.69, 9.17) is 4.42 Å². The fourth-order valence-corrected chi connectivity index (χ4v) is 4.99. The van der Waals surface area contributed by atoms with Gasteiger partial charge in [-0.25, -0.2) is 0 Å². The summed E-state index contributed by atoms with van der Waals surface area (Å²) in [5.74, 6) is 0.894. The standard InChI is InChI=1S/C26H32N2O2/c1-4-27-26(29)20-9-7-19(8-10-20)25(24-6-5-15-30-24)21-16-22-11-12-23(17-21)28(22)14-13-18(2)3/h5-10,15,22-23H,2,4,11-14,16-17H2,1,3H3,(H,27,29). The lowest BCUT2D eigenvalue weighted by Crippen LogP contribution is -2.41. The van der Waals surface area contributed by atoms with Crippen molar-refractivity contribution in [1.82, 2.24) is 10.2 Å². The third kappa shape index (κ3) is 4.29. The first kappa shape index (κ1) is 20.7. The predicted molar refractivity (Wildman–Crippen MR) is 121 cm³/mol. The number of nitrogens with one attached hydrogen (secondary N) is 1. The molecule has 2 unspecified atom stereocenters. The van der Waals surface area contributed by atoms with E-state index in [1.54, 1.807) is 6.26 Å². The van der Waals surface area contributed by atoms with Crippen molar-refractivity contribution in [2.75, 3.05) is 13.1 Å². The van der Waals surface area contributed by atoms with Crippen molar-refractivity contribution in [2.24, 2.45) is 0 Å². The molecular weight excluding hydrogens is 372 g/mol. The summed E-state index contributed by atoms with van der Waals surface area (Å²) in [6.45, 7) is 9.89. The molecule has 30 heavy (non-hydrogen) atoms. The van der Waals surface area contributed by atoms with Gasteiger partial charge in [0.05, 0.1) is 6.26 Å². The number of furan rings is 1. The first-order valence-corrected chi connectivity index (χ1v) is 11.1. The van der Waals surface area contributed by atoms with Gasteiger partial charge in [-0.3, -0.25) is 9.69 Å². The van der Waals surface area contributed by atoms with E-state index in [-0.39, 0.29) is 5.91 Å². The van der Waals surface area contributed by atoms with Gasteiger partial charge in [0.1, 0.15) is 5.76 Å². The summed E-state index contributed by atoms with van der Waals surface area (Å²) in [6, 6.07) is 13.2. The minimum Gasteiger partial charge on any atom is -0.464 e. The molecule has 1 amide bonds. The minimum absolute atomic E-state index is 0.0277. The van der Waals surface area contributed by atoms with Gasteiger partial charge in [0.15, 0.2) is 0 Å². The maximum Gasteiger partial charge on any atom is 0.251 e. The first-order chi connectivity index (χ1) is 14.6. The van der Waals surface area contributed by atoms with Crippen LogP contribution in [0.25, 0.3) is 5.57 Å². The number of carbonyl (C=O) groups is 1. The van der Waals surface area contributed by atoms with E-state index in [0.29, 0.717) is 24.2 Å². The highest BCUT2D eigenvalue weighted by molar-refractivity contribution is 5.94. The Morgan fingerprint density at radius 2 is 1.80 bits per heavy atom. The molecule has 0 spiro atoms. The minimum atomic E-state index is -0.0277. The molecule has 0 radical (unpaired) electrons. The maximum atomic E-state index is 12.1. The van der Waals surface area contributed by atoms with Crippen LogP contribution in [0, 0.1) is 0 Å². The van der Waals surface area contributed by atoms with Crippen LogP contribution in [0.4, 0.5) is 0 Å². The molecule has 2 aromatic rings. The second-order valence-corrected chi connectivity index (χ2v) is 8.63. The number of hydrogen-bond donors (Lipinski definition) is 1. The number of rotatable bonds is 7. The summed E-state index contributed by atoms with van der Waals surface area (Å²) in [7, 11) is 0. The second-order valence-electron chi connectivity index (χ2n) is 8.63. The third-order valence-corrected chi connectivity index (χ3v) is 6.43. The lowest BCUT2D eigenvalue weighted by Gasteiger charge is -2.37. The second kappa shape index (κ2) is 9.05. The Bertz CT molecular complexity index is 908. The van der Waals surface area contributed by atoms with Crippen LogP contribution in [0.5, 0.6) is 0 Å². The van der Waals surface area contributed by atoms with Crippen molar-refractivity contribution in [3.8, 4) is 0 Å². The Morgan fingerprint density at radius 3 is 2.37 bits per heavy atom. The van der Waals surface area contributed by atoms with Crippen LogP contribution in [0.2, 0.25) is 0 Å². The van der Waals surface area contributed by atoms with Crippen molar-refractivity contribution in [1.29, 1.82) is 0 Å². The van der Waals surface area contributed by atoms with E-state index in [1.165, 1.54) is 29.6 Å². The summed E-state index contributed by atoms with van der Waals surface area (Å²) in [4.78, 5) is 14.8. The molecule has 4 rings (SSSR count). The molecule has 2 atom stereocenters. The molecule has 4 nitrogen and oxygen atoms in total. The van der Waals surface area contributed by atoms with Crippen LogP contribution in [-0.2, 0) is 0 Å². The monoisotopic (exact) mass is 404 g/mol. The van der Waals surface area contributed by atoms with Gasteiger partial charge in [0.25, 0.3) is 5.91 Å². The fourth-order valence-electron chi connectivity index (χ4n) is 4.99. The van der Waals surface area contributed by atoms with E-state index in [9.17, 15) is 4.79 Å². The SMILES string of the molecule is C=C(C)CCN1C2CCC1CC(=C(c1ccc(C(=O)NCC)cc1)c1ccco1)C2. The lowest BCUT2D eigenvalue weighted by molar-refractivity contribution is 0.0956. The topological polar surface area (TPSA) is 45.5 Å². The van der Waals surface area contributed by atoms with Gasteiger partial charge in [-0.05, 0) is 75.8 Å². The first-order valence-electron chi connectivity index (χ1n) is 11.1. The zero-order valence-electron chi connectivity index (χ0n) is 18.1. The van der Waals surface area contributed by atoms with Crippen LogP contribution in [0.15, 0.2) is 64.8 Å². The molecule has 0 aliphatic carbocycles. The van der Waals surface area contributed by atoms with E-state index < -0.39 is 0 Å². The number of benzene rings is 1. The molecule has 1 aromatic carbocycles. The van der Waals surface area contributed by atoms with Gasteiger partial charge in [-0.1, -0.05) is 23.3 Å². The average Bonchev–Trinajstić information content (AvgIpc) is 3.33. The molecular formula is C26H32N2O2. The molecule has 2 aliphatic rings. The van der Waals surface area contributed by atoms with Crippen LogP contribution in [0.1, 0.15) is 67.6 Å². The highest BCUT2D eigenvalue weighted by atomic mass is 16.3. The number of amides is 1. The van der Waals surface area contributed by atoms with Crippen LogP contribution in [0.3, 0.4) is 0 Å². The van der Waals surface area contributed by atoms with E-state index in [2.05, 4.69) is 41.9 Å². The van der Waals surface area contributed by atoms with Crippen molar-refractivity contribution < 1.29 is 9.21 Å². The van der Waals surface area contributed by atoms with Crippen molar-refractivity contribution in [3.63, 3.8) is 0 Å². The van der Waals surface area contributed by atoms with Crippen LogP contribution >= 0.6 is 0 Å². The molecule has 2 bridgehead atoms. The molecule has 4 heteroatoms.